The van der Waals surface area contributed by atoms with Crippen LogP contribution in [0.2, 0.25) is 0 Å². The number of carbonyl (C=O) groups is 1. The van der Waals surface area contributed by atoms with Gasteiger partial charge in [-0.2, -0.15) is 0 Å². The first-order valence-corrected chi connectivity index (χ1v) is 9.16. The molecule has 0 aliphatic carbocycles. The fourth-order valence-electron chi connectivity index (χ4n) is 3.36. The molecule has 0 radical (unpaired) electrons. The molecule has 3 aromatic rings. The molecule has 3 aromatic carbocycles. The summed E-state index contributed by atoms with van der Waals surface area (Å²) in [5.74, 6) is 0.237. The first-order valence-electron chi connectivity index (χ1n) is 9.16. The smallest absolute Gasteiger partial charge is 0.257 e. The molecule has 0 aromatic heterocycles. The van der Waals surface area contributed by atoms with Crippen LogP contribution in [0.5, 0.6) is 11.5 Å². The molecule has 1 aliphatic heterocycles. The van der Waals surface area contributed by atoms with Crippen LogP contribution in [0.15, 0.2) is 66.9 Å². The molecule has 0 saturated carbocycles. The Morgan fingerprint density at radius 3 is 2.69 bits per heavy atom. The SMILES string of the molecule is COc1ccc(NC=C2C(=O)Nc3ccc(Cc4cccc(N)c4)cc32)cc1O. The Bertz CT molecular complexity index is 1120. The van der Waals surface area contributed by atoms with E-state index in [1.54, 1.807) is 24.4 Å². The molecule has 5 N–H and O–H groups in total. The van der Waals surface area contributed by atoms with Crippen molar-refractivity contribution < 1.29 is 14.6 Å². The molecule has 4 rings (SSSR count). The standard InChI is InChI=1S/C23H21N3O3/c1-29-22-8-6-17(12-21(22)27)25-13-19-18-11-15(5-7-20(18)26-23(19)28)9-14-3-2-4-16(24)10-14/h2-8,10-13,25,27H,9,24H2,1H3,(H,26,28). The fraction of sp³-hybridized carbons (Fsp3) is 0.0870. The van der Waals surface area contributed by atoms with Crippen LogP contribution in [-0.4, -0.2) is 18.1 Å². The number of carbonyl (C=O) groups excluding carboxylic acids is 1. The molecule has 1 amide bonds. The van der Waals surface area contributed by atoms with Gasteiger partial charge >= 0.3 is 0 Å². The Balaban J connectivity index is 1.59. The maximum atomic E-state index is 12.4. The lowest BCUT2D eigenvalue weighted by Crippen LogP contribution is -2.05. The molecule has 1 heterocycles. The van der Waals surface area contributed by atoms with E-state index < -0.39 is 0 Å². The molecule has 0 fully saturated rings. The summed E-state index contributed by atoms with van der Waals surface area (Å²) in [7, 11) is 1.49. The van der Waals surface area contributed by atoms with Gasteiger partial charge in [0.25, 0.3) is 5.91 Å². The van der Waals surface area contributed by atoms with Crippen LogP contribution in [0.4, 0.5) is 17.1 Å². The highest BCUT2D eigenvalue weighted by atomic mass is 16.5. The fourth-order valence-corrected chi connectivity index (χ4v) is 3.36. The summed E-state index contributed by atoms with van der Waals surface area (Å²) in [5, 5.41) is 15.9. The number of fused-ring (bicyclic) bond motifs is 1. The van der Waals surface area contributed by atoms with Crippen molar-refractivity contribution in [1.29, 1.82) is 0 Å². The monoisotopic (exact) mass is 387 g/mol. The Morgan fingerprint density at radius 1 is 1.10 bits per heavy atom. The van der Waals surface area contributed by atoms with E-state index in [2.05, 4.69) is 10.6 Å². The maximum absolute atomic E-state index is 12.4. The van der Waals surface area contributed by atoms with Gasteiger partial charge in [-0.1, -0.05) is 18.2 Å². The van der Waals surface area contributed by atoms with Gasteiger partial charge in [0.1, 0.15) is 0 Å². The summed E-state index contributed by atoms with van der Waals surface area (Å²) < 4.78 is 5.05. The lowest BCUT2D eigenvalue weighted by molar-refractivity contribution is -0.110. The van der Waals surface area contributed by atoms with Crippen molar-refractivity contribution in [3.05, 3.63) is 83.6 Å². The van der Waals surface area contributed by atoms with E-state index in [1.807, 2.05) is 42.5 Å². The van der Waals surface area contributed by atoms with E-state index in [0.29, 0.717) is 17.0 Å². The van der Waals surface area contributed by atoms with Crippen molar-refractivity contribution in [2.24, 2.45) is 0 Å². The number of amides is 1. The van der Waals surface area contributed by atoms with Crippen molar-refractivity contribution in [3.63, 3.8) is 0 Å². The number of nitrogen functional groups attached to an aromatic ring is 1. The number of phenols is 1. The average molecular weight is 387 g/mol. The molecular formula is C23H21N3O3. The zero-order chi connectivity index (χ0) is 20.4. The van der Waals surface area contributed by atoms with Crippen molar-refractivity contribution >= 4 is 28.5 Å². The minimum atomic E-state index is -0.175. The number of methoxy groups -OCH3 is 1. The number of nitrogens with one attached hydrogen (secondary N) is 2. The average Bonchev–Trinajstić information content (AvgIpc) is 3.01. The molecule has 1 aliphatic rings. The van der Waals surface area contributed by atoms with Gasteiger partial charge in [-0.25, -0.2) is 0 Å². The summed E-state index contributed by atoms with van der Waals surface area (Å²) in [4.78, 5) is 12.4. The van der Waals surface area contributed by atoms with Gasteiger partial charge in [0, 0.05) is 34.9 Å². The molecule has 29 heavy (non-hydrogen) atoms. The second-order valence-electron chi connectivity index (χ2n) is 6.84. The predicted octanol–water partition coefficient (Wildman–Crippen LogP) is 3.98. The zero-order valence-electron chi connectivity index (χ0n) is 15.9. The number of anilines is 3. The van der Waals surface area contributed by atoms with Gasteiger partial charge in [0.05, 0.1) is 12.7 Å². The van der Waals surface area contributed by atoms with Crippen molar-refractivity contribution in [2.75, 3.05) is 23.5 Å². The van der Waals surface area contributed by atoms with E-state index in [1.165, 1.54) is 7.11 Å². The highest BCUT2D eigenvalue weighted by molar-refractivity contribution is 6.31. The highest BCUT2D eigenvalue weighted by Crippen LogP contribution is 2.34. The first kappa shape index (κ1) is 18.4. The van der Waals surface area contributed by atoms with Gasteiger partial charge in [-0.15, -0.1) is 0 Å². The topological polar surface area (TPSA) is 96.6 Å². The third-order valence-corrected chi connectivity index (χ3v) is 4.79. The van der Waals surface area contributed by atoms with Crippen LogP contribution >= 0.6 is 0 Å². The second-order valence-corrected chi connectivity index (χ2v) is 6.84. The molecule has 146 valence electrons. The summed E-state index contributed by atoms with van der Waals surface area (Å²) in [6, 6.07) is 18.7. The highest BCUT2D eigenvalue weighted by Gasteiger charge is 2.24. The normalized spacial score (nSPS) is 13.8. The molecule has 6 heteroatoms. The number of hydrogen-bond acceptors (Lipinski definition) is 5. The summed E-state index contributed by atoms with van der Waals surface area (Å²) >= 11 is 0. The van der Waals surface area contributed by atoms with E-state index in [0.717, 1.165) is 34.5 Å². The number of ether oxygens (including phenoxy) is 1. The number of hydrogen-bond donors (Lipinski definition) is 4. The second kappa shape index (κ2) is 7.59. The third kappa shape index (κ3) is 3.87. The predicted molar refractivity (Wildman–Crippen MR) is 115 cm³/mol. The molecular weight excluding hydrogens is 366 g/mol. The number of aromatic hydroxyl groups is 1. The minimum Gasteiger partial charge on any atom is -0.504 e. The van der Waals surface area contributed by atoms with Gasteiger partial charge in [-0.05, 0) is 53.9 Å². The largest absolute Gasteiger partial charge is 0.504 e. The lowest BCUT2D eigenvalue weighted by Gasteiger charge is -2.08. The third-order valence-electron chi connectivity index (χ3n) is 4.79. The molecule has 0 atom stereocenters. The van der Waals surface area contributed by atoms with Crippen LogP contribution in [0.3, 0.4) is 0 Å². The molecule has 0 saturated heterocycles. The van der Waals surface area contributed by atoms with Crippen LogP contribution < -0.4 is 21.1 Å². The molecule has 0 unspecified atom stereocenters. The first-order chi connectivity index (χ1) is 14.0. The number of phenolic OH excluding ortho intramolecular Hbond substituents is 1. The Morgan fingerprint density at radius 2 is 1.93 bits per heavy atom. The van der Waals surface area contributed by atoms with Crippen molar-refractivity contribution in [2.45, 2.75) is 6.42 Å². The quantitative estimate of drug-likeness (QED) is 0.392. The van der Waals surface area contributed by atoms with E-state index in [9.17, 15) is 9.90 Å². The van der Waals surface area contributed by atoms with Gasteiger partial charge in [0.15, 0.2) is 11.5 Å². The van der Waals surface area contributed by atoms with Crippen LogP contribution in [-0.2, 0) is 11.2 Å². The Labute approximate surface area is 168 Å². The van der Waals surface area contributed by atoms with Gasteiger partial charge in [0.2, 0.25) is 0 Å². The Kier molecular flexibility index (Phi) is 4.83. The number of rotatable bonds is 5. The summed E-state index contributed by atoms with van der Waals surface area (Å²) in [5.41, 5.74) is 11.6. The van der Waals surface area contributed by atoms with E-state index >= 15 is 0 Å². The molecule has 6 nitrogen and oxygen atoms in total. The minimum absolute atomic E-state index is 0.0246. The lowest BCUT2D eigenvalue weighted by atomic mass is 9.99. The van der Waals surface area contributed by atoms with Crippen molar-refractivity contribution in [1.82, 2.24) is 0 Å². The van der Waals surface area contributed by atoms with E-state index in [4.69, 9.17) is 10.5 Å². The number of benzene rings is 3. The molecule has 0 bridgehead atoms. The number of nitrogens with two attached hydrogens (primary N) is 1. The van der Waals surface area contributed by atoms with Crippen LogP contribution in [0.1, 0.15) is 16.7 Å². The van der Waals surface area contributed by atoms with Crippen LogP contribution in [0, 0.1) is 0 Å². The maximum Gasteiger partial charge on any atom is 0.257 e. The van der Waals surface area contributed by atoms with Gasteiger partial charge < -0.3 is 26.2 Å². The van der Waals surface area contributed by atoms with E-state index in [-0.39, 0.29) is 11.7 Å². The van der Waals surface area contributed by atoms with Gasteiger partial charge in [-0.3, -0.25) is 4.79 Å². The summed E-state index contributed by atoms with van der Waals surface area (Å²) in [6.45, 7) is 0. The van der Waals surface area contributed by atoms with Crippen LogP contribution in [0.25, 0.3) is 5.57 Å². The van der Waals surface area contributed by atoms with Crippen molar-refractivity contribution in [3.8, 4) is 11.5 Å². The zero-order valence-corrected chi connectivity index (χ0v) is 15.9. The summed E-state index contributed by atoms with van der Waals surface area (Å²) in [6.07, 6.45) is 2.37. The Hall–Kier alpha value is -3.93. The molecule has 0 spiro atoms.